The molecule has 0 unspecified atom stereocenters. The van der Waals surface area contributed by atoms with E-state index in [1.807, 2.05) is 48.2 Å². The van der Waals surface area contributed by atoms with Crippen LogP contribution in [0.4, 0.5) is 5.82 Å². The summed E-state index contributed by atoms with van der Waals surface area (Å²) >= 11 is 6.17. The second-order valence-corrected chi connectivity index (χ2v) is 7.81. The van der Waals surface area contributed by atoms with Crippen LogP contribution in [0.25, 0.3) is 0 Å². The zero-order chi connectivity index (χ0) is 21.1. The van der Waals surface area contributed by atoms with Gasteiger partial charge in [0.15, 0.2) is 0 Å². The number of halogens is 1. The SMILES string of the molecule is Cc1ccc(C(=O)N2CCN(c3cc(Oc4ccccc4Cl)ncn3)C[C@@H]2C)cc1. The summed E-state index contributed by atoms with van der Waals surface area (Å²) in [7, 11) is 0. The molecule has 0 aliphatic carbocycles. The van der Waals surface area contributed by atoms with E-state index in [9.17, 15) is 4.79 Å². The first-order valence-electron chi connectivity index (χ1n) is 9.88. The number of para-hydroxylation sites is 1. The molecule has 0 saturated carbocycles. The molecule has 1 aliphatic rings. The highest BCUT2D eigenvalue weighted by molar-refractivity contribution is 6.32. The van der Waals surface area contributed by atoms with Crippen molar-refractivity contribution in [1.82, 2.24) is 14.9 Å². The van der Waals surface area contributed by atoms with Gasteiger partial charge in [-0.3, -0.25) is 4.79 Å². The van der Waals surface area contributed by atoms with Gasteiger partial charge >= 0.3 is 0 Å². The standard InChI is InChI=1S/C23H23ClN4O2/c1-16-7-9-18(10-8-16)23(29)28-12-11-27(14-17(28)2)21-13-22(26-15-25-21)30-20-6-4-3-5-19(20)24/h3-10,13,15,17H,11-12,14H2,1-2H3/t17-/m0/s1. The van der Waals surface area contributed by atoms with Gasteiger partial charge in [0.25, 0.3) is 5.91 Å². The van der Waals surface area contributed by atoms with E-state index in [0.29, 0.717) is 36.3 Å². The summed E-state index contributed by atoms with van der Waals surface area (Å²) in [6.45, 7) is 6.06. The summed E-state index contributed by atoms with van der Waals surface area (Å²) in [6.07, 6.45) is 1.48. The maximum absolute atomic E-state index is 12.9. The van der Waals surface area contributed by atoms with Gasteiger partial charge in [-0.05, 0) is 38.1 Å². The van der Waals surface area contributed by atoms with E-state index < -0.39 is 0 Å². The Morgan fingerprint density at radius 3 is 2.60 bits per heavy atom. The summed E-state index contributed by atoms with van der Waals surface area (Å²) in [5, 5.41) is 0.523. The second-order valence-electron chi connectivity index (χ2n) is 7.41. The predicted molar refractivity (Wildman–Crippen MR) is 117 cm³/mol. The van der Waals surface area contributed by atoms with Gasteiger partial charge in [0.1, 0.15) is 17.9 Å². The lowest BCUT2D eigenvalue weighted by atomic mass is 10.1. The van der Waals surface area contributed by atoms with Crippen LogP contribution in [-0.4, -0.2) is 46.5 Å². The molecule has 1 aromatic heterocycles. The van der Waals surface area contributed by atoms with Crippen molar-refractivity contribution in [1.29, 1.82) is 0 Å². The van der Waals surface area contributed by atoms with Crippen molar-refractivity contribution in [3.05, 3.63) is 77.1 Å². The van der Waals surface area contributed by atoms with E-state index in [0.717, 1.165) is 16.9 Å². The Hall–Kier alpha value is -3.12. The zero-order valence-electron chi connectivity index (χ0n) is 17.0. The van der Waals surface area contributed by atoms with E-state index >= 15 is 0 Å². The number of aryl methyl sites for hydroxylation is 1. The minimum Gasteiger partial charge on any atom is -0.437 e. The first kappa shape index (κ1) is 20.2. The lowest BCUT2D eigenvalue weighted by molar-refractivity contribution is 0.0673. The minimum absolute atomic E-state index is 0.0513. The van der Waals surface area contributed by atoms with Crippen LogP contribution in [-0.2, 0) is 0 Å². The van der Waals surface area contributed by atoms with Gasteiger partial charge in [-0.1, -0.05) is 41.4 Å². The number of aromatic nitrogens is 2. The van der Waals surface area contributed by atoms with Crippen molar-refractivity contribution in [2.45, 2.75) is 19.9 Å². The number of nitrogens with zero attached hydrogens (tertiary/aromatic N) is 4. The zero-order valence-corrected chi connectivity index (χ0v) is 17.7. The van der Waals surface area contributed by atoms with Crippen molar-refractivity contribution < 1.29 is 9.53 Å². The predicted octanol–water partition coefficient (Wildman–Crippen LogP) is 4.58. The number of anilines is 1. The molecule has 1 fully saturated rings. The van der Waals surface area contributed by atoms with E-state index in [2.05, 4.69) is 21.8 Å². The Kier molecular flexibility index (Phi) is 5.86. The quantitative estimate of drug-likeness (QED) is 0.615. The number of ether oxygens (including phenoxy) is 1. The lowest BCUT2D eigenvalue weighted by Gasteiger charge is -2.40. The van der Waals surface area contributed by atoms with Crippen molar-refractivity contribution in [3.63, 3.8) is 0 Å². The maximum atomic E-state index is 12.9. The van der Waals surface area contributed by atoms with Crippen LogP contribution in [0.3, 0.4) is 0 Å². The molecule has 2 aromatic carbocycles. The number of piperazine rings is 1. The fourth-order valence-electron chi connectivity index (χ4n) is 3.53. The topological polar surface area (TPSA) is 58.6 Å². The van der Waals surface area contributed by atoms with Crippen LogP contribution in [0.5, 0.6) is 11.6 Å². The highest BCUT2D eigenvalue weighted by atomic mass is 35.5. The lowest BCUT2D eigenvalue weighted by Crippen LogP contribution is -2.54. The van der Waals surface area contributed by atoms with Gasteiger partial charge in [0.05, 0.1) is 5.02 Å². The third-order valence-corrected chi connectivity index (χ3v) is 5.50. The van der Waals surface area contributed by atoms with Crippen molar-refractivity contribution >= 4 is 23.3 Å². The second kappa shape index (κ2) is 8.71. The van der Waals surface area contributed by atoms with Crippen LogP contribution in [0.15, 0.2) is 60.9 Å². The Bertz CT molecular complexity index is 1040. The summed E-state index contributed by atoms with van der Waals surface area (Å²) in [5.41, 5.74) is 1.86. The third kappa shape index (κ3) is 4.39. The number of carbonyl (C=O) groups excluding carboxylic acids is 1. The Labute approximate surface area is 181 Å². The molecular formula is C23H23ClN4O2. The first-order chi connectivity index (χ1) is 14.5. The molecule has 0 N–H and O–H groups in total. The van der Waals surface area contributed by atoms with Crippen LogP contribution < -0.4 is 9.64 Å². The minimum atomic E-state index is 0.0513. The molecule has 3 aromatic rings. The third-order valence-electron chi connectivity index (χ3n) is 5.19. The molecule has 30 heavy (non-hydrogen) atoms. The van der Waals surface area contributed by atoms with Crippen LogP contribution >= 0.6 is 11.6 Å². The molecule has 0 bridgehead atoms. The molecule has 7 heteroatoms. The molecule has 1 saturated heterocycles. The highest BCUT2D eigenvalue weighted by Crippen LogP contribution is 2.29. The fraction of sp³-hybridized carbons (Fsp3) is 0.261. The van der Waals surface area contributed by atoms with Gasteiger partial charge in [-0.15, -0.1) is 0 Å². The van der Waals surface area contributed by atoms with Crippen molar-refractivity contribution in [3.8, 4) is 11.6 Å². The maximum Gasteiger partial charge on any atom is 0.254 e. The smallest absolute Gasteiger partial charge is 0.254 e. The average Bonchev–Trinajstić information content (AvgIpc) is 2.75. The molecular weight excluding hydrogens is 400 g/mol. The van der Waals surface area contributed by atoms with Crippen LogP contribution in [0.2, 0.25) is 5.02 Å². The summed E-state index contributed by atoms with van der Waals surface area (Å²) < 4.78 is 5.82. The first-order valence-corrected chi connectivity index (χ1v) is 10.3. The Balaban J connectivity index is 1.45. The largest absolute Gasteiger partial charge is 0.437 e. The number of carbonyl (C=O) groups is 1. The Morgan fingerprint density at radius 2 is 1.87 bits per heavy atom. The molecule has 6 nitrogen and oxygen atoms in total. The monoisotopic (exact) mass is 422 g/mol. The van der Waals surface area contributed by atoms with E-state index in [1.54, 1.807) is 18.2 Å². The van der Waals surface area contributed by atoms with E-state index in [-0.39, 0.29) is 11.9 Å². The summed E-state index contributed by atoms with van der Waals surface area (Å²) in [6, 6.07) is 16.8. The average molecular weight is 423 g/mol. The number of rotatable bonds is 4. The molecule has 154 valence electrons. The molecule has 4 rings (SSSR count). The van der Waals surface area contributed by atoms with Gasteiger partial charge < -0.3 is 14.5 Å². The van der Waals surface area contributed by atoms with Gasteiger partial charge in [-0.2, -0.15) is 0 Å². The summed E-state index contributed by atoms with van der Waals surface area (Å²) in [5.74, 6) is 1.80. The molecule has 0 spiro atoms. The molecule has 1 amide bonds. The summed E-state index contributed by atoms with van der Waals surface area (Å²) in [4.78, 5) is 25.6. The van der Waals surface area contributed by atoms with Gasteiger partial charge in [0, 0.05) is 37.3 Å². The van der Waals surface area contributed by atoms with Gasteiger partial charge in [-0.25, -0.2) is 9.97 Å². The Morgan fingerprint density at radius 1 is 1.10 bits per heavy atom. The number of benzene rings is 2. The molecule has 0 radical (unpaired) electrons. The van der Waals surface area contributed by atoms with Crippen molar-refractivity contribution in [2.24, 2.45) is 0 Å². The van der Waals surface area contributed by atoms with Crippen molar-refractivity contribution in [2.75, 3.05) is 24.5 Å². The van der Waals surface area contributed by atoms with Gasteiger partial charge in [0.2, 0.25) is 5.88 Å². The van der Waals surface area contributed by atoms with E-state index in [4.69, 9.17) is 16.3 Å². The normalized spacial score (nSPS) is 16.4. The van der Waals surface area contributed by atoms with E-state index in [1.165, 1.54) is 6.33 Å². The number of hydrogen-bond acceptors (Lipinski definition) is 5. The fourth-order valence-corrected chi connectivity index (χ4v) is 3.70. The number of hydrogen-bond donors (Lipinski definition) is 0. The highest BCUT2D eigenvalue weighted by Gasteiger charge is 2.29. The molecule has 1 atom stereocenters. The molecule has 1 aliphatic heterocycles. The number of amides is 1. The van der Waals surface area contributed by atoms with Crippen LogP contribution in [0, 0.1) is 6.92 Å². The molecule has 2 heterocycles. The van der Waals surface area contributed by atoms with Crippen LogP contribution in [0.1, 0.15) is 22.8 Å².